The minimum absolute atomic E-state index is 0.178. The van der Waals surface area contributed by atoms with Gasteiger partial charge in [-0.1, -0.05) is 13.8 Å². The molecule has 2 unspecified atom stereocenters. The van der Waals surface area contributed by atoms with Crippen LogP contribution in [0.4, 0.5) is 0 Å². The summed E-state index contributed by atoms with van der Waals surface area (Å²) in [7, 11) is 0. The molecule has 1 aliphatic rings. The highest BCUT2D eigenvalue weighted by atomic mass is 16.4. The van der Waals surface area contributed by atoms with E-state index in [4.69, 9.17) is 0 Å². The minimum Gasteiger partial charge on any atom is -0.480 e. The van der Waals surface area contributed by atoms with Gasteiger partial charge in [0.05, 0.1) is 6.10 Å². The normalized spacial score (nSPS) is 27.6. The summed E-state index contributed by atoms with van der Waals surface area (Å²) in [4.78, 5) is 13.3. The van der Waals surface area contributed by atoms with E-state index >= 15 is 0 Å². The van der Waals surface area contributed by atoms with Crippen molar-refractivity contribution in [1.82, 2.24) is 4.90 Å². The van der Waals surface area contributed by atoms with E-state index in [1.165, 1.54) is 0 Å². The molecule has 0 aromatic heterocycles. The van der Waals surface area contributed by atoms with Gasteiger partial charge in [0.25, 0.3) is 0 Å². The average molecular weight is 229 g/mol. The van der Waals surface area contributed by atoms with Crippen LogP contribution in [0.5, 0.6) is 0 Å². The molecule has 16 heavy (non-hydrogen) atoms. The van der Waals surface area contributed by atoms with Crippen molar-refractivity contribution in [2.24, 2.45) is 5.41 Å². The molecule has 4 heteroatoms. The SMILES string of the molecule is CC(O)CCN1CCCC(C)(C)C1C(=O)O. The van der Waals surface area contributed by atoms with Crippen molar-refractivity contribution < 1.29 is 15.0 Å². The second-order valence-electron chi connectivity index (χ2n) is 5.51. The third-order valence-corrected chi connectivity index (χ3v) is 3.44. The van der Waals surface area contributed by atoms with Crippen LogP contribution in [0.3, 0.4) is 0 Å². The Morgan fingerprint density at radius 3 is 2.69 bits per heavy atom. The van der Waals surface area contributed by atoms with Gasteiger partial charge in [-0.25, -0.2) is 0 Å². The largest absolute Gasteiger partial charge is 0.480 e. The molecular formula is C12H23NO3. The zero-order valence-corrected chi connectivity index (χ0v) is 10.4. The van der Waals surface area contributed by atoms with Crippen molar-refractivity contribution in [1.29, 1.82) is 0 Å². The number of hydrogen-bond donors (Lipinski definition) is 2. The van der Waals surface area contributed by atoms with Gasteiger partial charge in [-0.2, -0.15) is 0 Å². The lowest BCUT2D eigenvalue weighted by Gasteiger charge is -2.44. The van der Waals surface area contributed by atoms with E-state index in [0.717, 1.165) is 19.4 Å². The highest BCUT2D eigenvalue weighted by molar-refractivity contribution is 5.74. The Bertz CT molecular complexity index is 251. The van der Waals surface area contributed by atoms with Gasteiger partial charge in [0.15, 0.2) is 0 Å². The van der Waals surface area contributed by atoms with Crippen molar-refractivity contribution in [3.05, 3.63) is 0 Å². The number of hydrogen-bond acceptors (Lipinski definition) is 3. The van der Waals surface area contributed by atoms with Crippen LogP contribution in [-0.2, 0) is 4.79 Å². The van der Waals surface area contributed by atoms with E-state index in [1.807, 2.05) is 18.7 Å². The minimum atomic E-state index is -0.740. The fraction of sp³-hybridized carbons (Fsp3) is 0.917. The summed E-state index contributed by atoms with van der Waals surface area (Å²) in [6, 6.07) is -0.417. The molecule has 1 heterocycles. The van der Waals surface area contributed by atoms with Gasteiger partial charge in [0.2, 0.25) is 0 Å². The smallest absolute Gasteiger partial charge is 0.321 e. The molecule has 2 N–H and O–H groups in total. The number of nitrogens with zero attached hydrogens (tertiary/aromatic N) is 1. The fourth-order valence-electron chi connectivity index (χ4n) is 2.58. The van der Waals surface area contributed by atoms with E-state index in [1.54, 1.807) is 6.92 Å². The topological polar surface area (TPSA) is 60.8 Å². The van der Waals surface area contributed by atoms with Crippen molar-refractivity contribution in [3.8, 4) is 0 Å². The molecule has 0 spiro atoms. The second-order valence-corrected chi connectivity index (χ2v) is 5.51. The molecule has 1 saturated heterocycles. The predicted molar refractivity (Wildman–Crippen MR) is 62.3 cm³/mol. The van der Waals surface area contributed by atoms with Gasteiger partial charge in [-0.05, 0) is 38.1 Å². The molecule has 0 saturated carbocycles. The number of aliphatic carboxylic acids is 1. The van der Waals surface area contributed by atoms with Gasteiger partial charge in [-0.15, -0.1) is 0 Å². The number of carbonyl (C=O) groups is 1. The van der Waals surface area contributed by atoms with Gasteiger partial charge < -0.3 is 10.2 Å². The summed E-state index contributed by atoms with van der Waals surface area (Å²) in [6.45, 7) is 7.26. The highest BCUT2D eigenvalue weighted by Gasteiger charge is 2.42. The summed E-state index contributed by atoms with van der Waals surface area (Å²) < 4.78 is 0. The standard InChI is InChI=1S/C12H23NO3/c1-9(14)5-8-13-7-4-6-12(2,3)10(13)11(15)16/h9-10,14H,4-8H2,1-3H3,(H,15,16). The summed E-state index contributed by atoms with van der Waals surface area (Å²) in [5, 5.41) is 18.6. The molecule has 4 nitrogen and oxygen atoms in total. The molecular weight excluding hydrogens is 206 g/mol. The number of carboxylic acids is 1. The van der Waals surface area contributed by atoms with Crippen molar-refractivity contribution in [2.75, 3.05) is 13.1 Å². The lowest BCUT2D eigenvalue weighted by atomic mass is 9.76. The first-order valence-corrected chi connectivity index (χ1v) is 5.99. The first kappa shape index (κ1) is 13.5. The first-order valence-electron chi connectivity index (χ1n) is 5.99. The van der Waals surface area contributed by atoms with Crippen LogP contribution in [0.2, 0.25) is 0 Å². The van der Waals surface area contributed by atoms with Crippen molar-refractivity contribution >= 4 is 5.97 Å². The molecule has 1 rings (SSSR count). The van der Waals surface area contributed by atoms with Crippen LogP contribution in [-0.4, -0.2) is 46.3 Å². The summed E-state index contributed by atoms with van der Waals surface area (Å²) >= 11 is 0. The van der Waals surface area contributed by atoms with Crippen molar-refractivity contribution in [3.63, 3.8) is 0 Å². The molecule has 1 fully saturated rings. The van der Waals surface area contributed by atoms with Crippen LogP contribution < -0.4 is 0 Å². The third-order valence-electron chi connectivity index (χ3n) is 3.44. The number of likely N-dealkylation sites (tertiary alicyclic amines) is 1. The molecule has 0 amide bonds. The summed E-state index contributed by atoms with van der Waals surface area (Å²) in [5.41, 5.74) is -0.178. The Balaban J connectivity index is 2.69. The Morgan fingerprint density at radius 1 is 1.56 bits per heavy atom. The predicted octanol–water partition coefficient (Wildman–Crippen LogP) is 1.33. The maximum Gasteiger partial charge on any atom is 0.321 e. The molecule has 0 bridgehead atoms. The summed E-state index contributed by atoms with van der Waals surface area (Å²) in [5.74, 6) is -0.740. The lowest BCUT2D eigenvalue weighted by molar-refractivity contribution is -0.150. The maximum absolute atomic E-state index is 11.3. The van der Waals surface area contributed by atoms with Crippen LogP contribution >= 0.6 is 0 Å². The monoisotopic (exact) mass is 229 g/mol. The first-order chi connectivity index (χ1) is 7.34. The fourth-order valence-corrected chi connectivity index (χ4v) is 2.58. The molecule has 0 aliphatic carbocycles. The van der Waals surface area contributed by atoms with Crippen LogP contribution in [0.1, 0.15) is 40.0 Å². The van der Waals surface area contributed by atoms with Gasteiger partial charge in [0.1, 0.15) is 6.04 Å². The quantitative estimate of drug-likeness (QED) is 0.763. The molecule has 94 valence electrons. The van der Waals surface area contributed by atoms with E-state index in [0.29, 0.717) is 13.0 Å². The zero-order valence-electron chi connectivity index (χ0n) is 10.4. The Labute approximate surface area is 97.3 Å². The molecule has 0 aromatic rings. The van der Waals surface area contributed by atoms with E-state index in [2.05, 4.69) is 0 Å². The number of aliphatic hydroxyl groups is 1. The number of piperidine rings is 1. The van der Waals surface area contributed by atoms with Crippen LogP contribution in [0, 0.1) is 5.41 Å². The molecule has 1 aliphatic heterocycles. The molecule has 0 radical (unpaired) electrons. The zero-order chi connectivity index (χ0) is 12.3. The Hall–Kier alpha value is -0.610. The highest BCUT2D eigenvalue weighted by Crippen LogP contribution is 2.35. The Kier molecular flexibility index (Phi) is 4.33. The van der Waals surface area contributed by atoms with Gasteiger partial charge in [0, 0.05) is 6.54 Å². The maximum atomic E-state index is 11.3. The van der Waals surface area contributed by atoms with Crippen molar-refractivity contribution in [2.45, 2.75) is 52.2 Å². The van der Waals surface area contributed by atoms with E-state index in [-0.39, 0.29) is 11.5 Å². The third kappa shape index (κ3) is 3.19. The van der Waals surface area contributed by atoms with Gasteiger partial charge >= 0.3 is 5.97 Å². The second kappa shape index (κ2) is 5.15. The molecule has 0 aromatic carbocycles. The molecule has 2 atom stereocenters. The van der Waals surface area contributed by atoms with E-state index < -0.39 is 12.0 Å². The van der Waals surface area contributed by atoms with Gasteiger partial charge in [-0.3, -0.25) is 9.69 Å². The van der Waals surface area contributed by atoms with Crippen LogP contribution in [0.25, 0.3) is 0 Å². The number of rotatable bonds is 4. The Morgan fingerprint density at radius 2 is 2.19 bits per heavy atom. The lowest BCUT2D eigenvalue weighted by Crippen LogP contribution is -2.54. The van der Waals surface area contributed by atoms with E-state index in [9.17, 15) is 15.0 Å². The number of aliphatic hydroxyl groups excluding tert-OH is 1. The number of carboxylic acid groups (broad SMARTS) is 1. The average Bonchev–Trinajstić information content (AvgIpc) is 2.12. The summed E-state index contributed by atoms with van der Waals surface area (Å²) in [6.07, 6.45) is 2.27. The van der Waals surface area contributed by atoms with Crippen LogP contribution in [0.15, 0.2) is 0 Å².